The van der Waals surface area contributed by atoms with E-state index in [-0.39, 0.29) is 17.6 Å². The van der Waals surface area contributed by atoms with Crippen LogP contribution in [0.1, 0.15) is 43.2 Å². The Morgan fingerprint density at radius 3 is 3.08 bits per heavy atom. The van der Waals surface area contributed by atoms with E-state index in [2.05, 4.69) is 17.1 Å². The lowest BCUT2D eigenvalue weighted by Gasteiger charge is -2.53. The highest BCUT2D eigenvalue weighted by Gasteiger charge is 2.49. The summed E-state index contributed by atoms with van der Waals surface area (Å²) < 4.78 is 12.2. The number of aryl methyl sites for hydroxylation is 1. The van der Waals surface area contributed by atoms with Gasteiger partial charge in [-0.2, -0.15) is 0 Å². The van der Waals surface area contributed by atoms with Crippen LogP contribution in [0.25, 0.3) is 0 Å². The molecule has 1 aliphatic carbocycles. The highest BCUT2D eigenvalue weighted by Crippen LogP contribution is 2.37. The molecule has 5 nitrogen and oxygen atoms in total. The maximum absolute atomic E-state index is 12.4. The van der Waals surface area contributed by atoms with Crippen molar-refractivity contribution in [1.29, 1.82) is 0 Å². The van der Waals surface area contributed by atoms with Crippen molar-refractivity contribution in [2.24, 2.45) is 0 Å². The Labute approximate surface area is 149 Å². The Bertz CT molecular complexity index is 679. The summed E-state index contributed by atoms with van der Waals surface area (Å²) >= 11 is 0. The van der Waals surface area contributed by atoms with Gasteiger partial charge in [-0.1, -0.05) is 12.1 Å². The van der Waals surface area contributed by atoms with Crippen molar-refractivity contribution >= 4 is 5.91 Å². The van der Waals surface area contributed by atoms with E-state index in [4.69, 9.17) is 9.47 Å². The third-order valence-corrected chi connectivity index (χ3v) is 5.43. The number of carbonyl (C=O) groups is 1. The molecule has 1 aromatic rings. The average Bonchev–Trinajstić information content (AvgIpc) is 3.12. The molecule has 0 N–H and O–H groups in total. The first kappa shape index (κ1) is 16.7. The number of allylic oxidation sites excluding steroid dienone is 1. The number of ether oxygens (including phenoxy) is 2. The first-order valence-corrected chi connectivity index (χ1v) is 9.28. The molecule has 1 unspecified atom stereocenters. The smallest absolute Gasteiger partial charge is 0.249 e. The lowest BCUT2D eigenvalue weighted by Crippen LogP contribution is -2.67. The second-order valence-corrected chi connectivity index (χ2v) is 7.61. The molecule has 0 radical (unpaired) electrons. The minimum absolute atomic E-state index is 0.192. The van der Waals surface area contributed by atoms with Gasteiger partial charge in [0.25, 0.3) is 0 Å². The molecule has 1 spiro atoms. The Hall–Kier alpha value is -1.72. The van der Waals surface area contributed by atoms with Crippen LogP contribution in [0.5, 0.6) is 0 Å². The Balaban J connectivity index is 1.29. The van der Waals surface area contributed by atoms with E-state index in [9.17, 15) is 4.79 Å². The molecular weight excluding hydrogens is 316 g/mol. The molecule has 5 heteroatoms. The Morgan fingerprint density at radius 2 is 2.32 bits per heavy atom. The average molecular weight is 342 g/mol. The Kier molecular flexibility index (Phi) is 4.61. The van der Waals surface area contributed by atoms with Gasteiger partial charge in [0.15, 0.2) is 0 Å². The lowest BCUT2D eigenvalue weighted by atomic mass is 9.84. The number of pyridine rings is 1. The van der Waals surface area contributed by atoms with Crippen LogP contribution < -0.4 is 0 Å². The van der Waals surface area contributed by atoms with Gasteiger partial charge in [-0.15, -0.1) is 0 Å². The van der Waals surface area contributed by atoms with Crippen LogP contribution in [-0.4, -0.2) is 47.2 Å². The molecule has 25 heavy (non-hydrogen) atoms. The number of hydrogen-bond acceptors (Lipinski definition) is 4. The van der Waals surface area contributed by atoms with Gasteiger partial charge < -0.3 is 14.4 Å². The van der Waals surface area contributed by atoms with Gasteiger partial charge in [0.1, 0.15) is 5.60 Å². The van der Waals surface area contributed by atoms with Gasteiger partial charge in [0, 0.05) is 31.0 Å². The molecular formula is C20H26N2O3. The van der Waals surface area contributed by atoms with Crippen LogP contribution in [0.4, 0.5) is 0 Å². The second-order valence-electron chi connectivity index (χ2n) is 7.61. The predicted octanol–water partition coefficient (Wildman–Crippen LogP) is 2.78. The van der Waals surface area contributed by atoms with Gasteiger partial charge in [-0.3, -0.25) is 9.78 Å². The third-order valence-electron chi connectivity index (χ3n) is 5.43. The van der Waals surface area contributed by atoms with Crippen LogP contribution >= 0.6 is 0 Å². The molecule has 2 fully saturated rings. The van der Waals surface area contributed by atoms with Crippen molar-refractivity contribution in [2.75, 3.05) is 19.7 Å². The fourth-order valence-electron chi connectivity index (χ4n) is 4.12. The number of likely N-dealkylation sites (tertiary alicyclic amines) is 1. The van der Waals surface area contributed by atoms with Crippen molar-refractivity contribution < 1.29 is 14.3 Å². The van der Waals surface area contributed by atoms with Crippen LogP contribution in [0.15, 0.2) is 30.1 Å². The summed E-state index contributed by atoms with van der Waals surface area (Å²) in [6.07, 6.45) is 10.9. The monoisotopic (exact) mass is 342 g/mol. The summed E-state index contributed by atoms with van der Waals surface area (Å²) in [5, 5.41) is 0. The highest BCUT2D eigenvalue weighted by atomic mass is 16.5. The van der Waals surface area contributed by atoms with Crippen LogP contribution in [0.3, 0.4) is 0 Å². The molecule has 3 heterocycles. The van der Waals surface area contributed by atoms with Gasteiger partial charge in [-0.05, 0) is 43.7 Å². The first-order chi connectivity index (χ1) is 12.1. The van der Waals surface area contributed by atoms with E-state index in [1.807, 2.05) is 24.2 Å². The van der Waals surface area contributed by atoms with Crippen molar-refractivity contribution in [1.82, 2.24) is 9.88 Å². The SMILES string of the molecule is Cc1cncc(COC2CCOC3(C2)CN(C(=O)C2=CCCC2)C3)c1. The largest absolute Gasteiger partial charge is 0.373 e. The van der Waals surface area contributed by atoms with E-state index in [1.165, 1.54) is 0 Å². The normalized spacial score (nSPS) is 24.9. The predicted molar refractivity (Wildman–Crippen MR) is 94.0 cm³/mol. The van der Waals surface area contributed by atoms with Gasteiger partial charge >= 0.3 is 0 Å². The van der Waals surface area contributed by atoms with Gasteiger partial charge in [0.05, 0.1) is 25.8 Å². The highest BCUT2D eigenvalue weighted by molar-refractivity contribution is 5.94. The van der Waals surface area contributed by atoms with E-state index in [1.54, 1.807) is 0 Å². The van der Waals surface area contributed by atoms with Gasteiger partial charge in [0.2, 0.25) is 5.91 Å². The quantitative estimate of drug-likeness (QED) is 0.844. The fraction of sp³-hybridized carbons (Fsp3) is 0.600. The molecule has 4 rings (SSSR count). The maximum Gasteiger partial charge on any atom is 0.249 e. The summed E-state index contributed by atoms with van der Waals surface area (Å²) in [6.45, 7) is 4.75. The van der Waals surface area contributed by atoms with Crippen molar-refractivity contribution in [3.05, 3.63) is 41.2 Å². The van der Waals surface area contributed by atoms with Crippen molar-refractivity contribution in [3.63, 3.8) is 0 Å². The maximum atomic E-state index is 12.4. The molecule has 1 aromatic heterocycles. The molecule has 3 aliphatic rings. The zero-order valence-electron chi connectivity index (χ0n) is 14.9. The van der Waals surface area contributed by atoms with Crippen molar-refractivity contribution in [2.45, 2.75) is 57.3 Å². The lowest BCUT2D eigenvalue weighted by molar-refractivity contribution is -0.200. The molecule has 2 saturated heterocycles. The number of amides is 1. The summed E-state index contributed by atoms with van der Waals surface area (Å²) in [4.78, 5) is 18.6. The molecule has 2 aliphatic heterocycles. The van der Waals surface area contributed by atoms with Crippen LogP contribution in [-0.2, 0) is 20.9 Å². The van der Waals surface area contributed by atoms with Crippen LogP contribution in [0, 0.1) is 6.92 Å². The fourth-order valence-corrected chi connectivity index (χ4v) is 4.12. The third kappa shape index (κ3) is 3.62. The summed E-state index contributed by atoms with van der Waals surface area (Å²) in [6, 6.07) is 2.11. The van der Waals surface area contributed by atoms with Crippen molar-refractivity contribution in [3.8, 4) is 0 Å². The Morgan fingerprint density at radius 1 is 1.44 bits per heavy atom. The number of aromatic nitrogens is 1. The minimum atomic E-state index is -0.192. The zero-order valence-corrected chi connectivity index (χ0v) is 14.9. The van der Waals surface area contributed by atoms with E-state index in [0.717, 1.165) is 48.8 Å². The molecule has 0 saturated carbocycles. The van der Waals surface area contributed by atoms with Gasteiger partial charge in [-0.25, -0.2) is 0 Å². The van der Waals surface area contributed by atoms with E-state index < -0.39 is 0 Å². The second kappa shape index (κ2) is 6.89. The van der Waals surface area contributed by atoms with E-state index >= 15 is 0 Å². The molecule has 1 amide bonds. The molecule has 0 aromatic carbocycles. The molecule has 134 valence electrons. The minimum Gasteiger partial charge on any atom is -0.373 e. The first-order valence-electron chi connectivity index (χ1n) is 9.28. The summed E-state index contributed by atoms with van der Waals surface area (Å²) in [5.41, 5.74) is 3.06. The zero-order chi connectivity index (χ0) is 17.3. The summed E-state index contributed by atoms with van der Waals surface area (Å²) in [5.74, 6) is 0.209. The molecule has 1 atom stereocenters. The number of rotatable bonds is 4. The topological polar surface area (TPSA) is 51.7 Å². The number of hydrogen-bond donors (Lipinski definition) is 0. The standard InChI is InChI=1S/C20H26N2O3/c1-15-8-16(11-21-10-15)12-24-18-6-7-25-20(9-18)13-22(14-20)19(23)17-4-2-3-5-17/h4,8,10-11,18H,2-3,5-7,9,12-14H2,1H3. The van der Waals surface area contributed by atoms with Crippen LogP contribution in [0.2, 0.25) is 0 Å². The molecule has 0 bridgehead atoms. The number of nitrogens with zero attached hydrogens (tertiary/aromatic N) is 2. The van der Waals surface area contributed by atoms with E-state index in [0.29, 0.717) is 26.3 Å². The number of carbonyl (C=O) groups excluding carboxylic acids is 1. The summed E-state index contributed by atoms with van der Waals surface area (Å²) in [7, 11) is 0.